The summed E-state index contributed by atoms with van der Waals surface area (Å²) < 4.78 is 0. The molecule has 0 aromatic carbocycles. The molecule has 0 bridgehead atoms. The summed E-state index contributed by atoms with van der Waals surface area (Å²) in [7, 11) is 0. The van der Waals surface area contributed by atoms with Crippen LogP contribution in [-0.2, 0) is 0 Å². The zero-order chi connectivity index (χ0) is 18.8. The predicted octanol–water partition coefficient (Wildman–Crippen LogP) is 2.09. The number of nitrogens with one attached hydrogen (secondary N) is 1. The van der Waals surface area contributed by atoms with Crippen molar-refractivity contribution in [3.05, 3.63) is 51.8 Å². The zero-order valence-electron chi connectivity index (χ0n) is 15.6. The third kappa shape index (κ3) is 3.72. The van der Waals surface area contributed by atoms with Crippen LogP contribution in [0.1, 0.15) is 53.5 Å². The number of carbonyl (C=O) groups excluding carboxylic acids is 1. The number of rotatable bonds is 3. The SMILES string of the molecule is Cc1nc(C2CCCN(C(=O)c3ccc[nH]c3=O)C2)cc(N2CCCC2)n1. The Labute approximate surface area is 158 Å². The molecule has 0 aliphatic carbocycles. The molecule has 142 valence electrons. The molecule has 27 heavy (non-hydrogen) atoms. The third-order valence-corrected chi connectivity index (χ3v) is 5.45. The molecule has 2 aliphatic heterocycles. The molecule has 1 N–H and O–H groups in total. The summed E-state index contributed by atoms with van der Waals surface area (Å²) in [5.41, 5.74) is 0.873. The maximum atomic E-state index is 12.8. The summed E-state index contributed by atoms with van der Waals surface area (Å²) in [5.74, 6) is 1.75. The number of pyridine rings is 1. The van der Waals surface area contributed by atoms with Gasteiger partial charge >= 0.3 is 0 Å². The number of hydrogen-bond acceptors (Lipinski definition) is 5. The molecule has 2 saturated heterocycles. The van der Waals surface area contributed by atoms with Crippen LogP contribution in [0.3, 0.4) is 0 Å². The number of aryl methyl sites for hydroxylation is 1. The van der Waals surface area contributed by atoms with Gasteiger partial charge in [0, 0.05) is 44.4 Å². The van der Waals surface area contributed by atoms with Crippen LogP contribution in [0.25, 0.3) is 0 Å². The minimum atomic E-state index is -0.334. The summed E-state index contributed by atoms with van der Waals surface area (Å²) in [6.07, 6.45) is 5.85. The molecule has 1 amide bonds. The van der Waals surface area contributed by atoms with Crippen molar-refractivity contribution in [3.8, 4) is 0 Å². The Kier molecular flexibility index (Phi) is 4.92. The first-order valence-corrected chi connectivity index (χ1v) is 9.69. The van der Waals surface area contributed by atoms with Crippen molar-refractivity contribution in [2.24, 2.45) is 0 Å². The molecule has 0 radical (unpaired) electrons. The van der Waals surface area contributed by atoms with E-state index in [0.717, 1.165) is 43.3 Å². The highest BCUT2D eigenvalue weighted by atomic mass is 16.2. The fourth-order valence-electron chi connectivity index (χ4n) is 4.06. The topological polar surface area (TPSA) is 82.2 Å². The molecule has 2 aromatic rings. The highest BCUT2D eigenvalue weighted by Crippen LogP contribution is 2.29. The van der Waals surface area contributed by atoms with Gasteiger partial charge in [-0.15, -0.1) is 0 Å². The number of amides is 1. The Morgan fingerprint density at radius 2 is 2.00 bits per heavy atom. The van der Waals surface area contributed by atoms with E-state index in [0.29, 0.717) is 13.1 Å². The first-order chi connectivity index (χ1) is 13.1. The highest BCUT2D eigenvalue weighted by molar-refractivity contribution is 5.93. The third-order valence-electron chi connectivity index (χ3n) is 5.45. The fourth-order valence-corrected chi connectivity index (χ4v) is 4.06. The smallest absolute Gasteiger partial charge is 0.260 e. The molecule has 7 nitrogen and oxygen atoms in total. The first kappa shape index (κ1) is 17.7. The molecule has 4 heterocycles. The van der Waals surface area contributed by atoms with Gasteiger partial charge in [0.05, 0.1) is 5.69 Å². The quantitative estimate of drug-likeness (QED) is 0.898. The summed E-state index contributed by atoms with van der Waals surface area (Å²) >= 11 is 0. The van der Waals surface area contributed by atoms with Crippen LogP contribution < -0.4 is 10.5 Å². The molecule has 2 fully saturated rings. The molecule has 1 unspecified atom stereocenters. The van der Waals surface area contributed by atoms with Crippen LogP contribution >= 0.6 is 0 Å². The van der Waals surface area contributed by atoms with E-state index in [-0.39, 0.29) is 22.9 Å². The molecule has 2 aliphatic rings. The average molecular weight is 367 g/mol. The van der Waals surface area contributed by atoms with Gasteiger partial charge in [-0.3, -0.25) is 9.59 Å². The second-order valence-corrected chi connectivity index (χ2v) is 7.40. The second kappa shape index (κ2) is 7.50. The lowest BCUT2D eigenvalue weighted by Gasteiger charge is -2.32. The van der Waals surface area contributed by atoms with Crippen LogP contribution in [-0.4, -0.2) is 51.9 Å². The largest absolute Gasteiger partial charge is 0.357 e. The van der Waals surface area contributed by atoms with Gasteiger partial charge in [0.15, 0.2) is 0 Å². The first-order valence-electron chi connectivity index (χ1n) is 9.69. The molecule has 7 heteroatoms. The molecule has 0 saturated carbocycles. The van der Waals surface area contributed by atoms with Crippen molar-refractivity contribution in [1.29, 1.82) is 0 Å². The van der Waals surface area contributed by atoms with Crippen LogP contribution in [0.15, 0.2) is 29.2 Å². The van der Waals surface area contributed by atoms with Crippen molar-refractivity contribution in [3.63, 3.8) is 0 Å². The monoisotopic (exact) mass is 367 g/mol. The number of H-pyrrole nitrogens is 1. The molecule has 1 atom stereocenters. The van der Waals surface area contributed by atoms with E-state index in [2.05, 4.69) is 25.9 Å². The zero-order valence-corrected chi connectivity index (χ0v) is 15.6. The average Bonchev–Trinajstić information content (AvgIpc) is 3.22. The van der Waals surface area contributed by atoms with Crippen LogP contribution in [0.5, 0.6) is 0 Å². The van der Waals surface area contributed by atoms with E-state index in [9.17, 15) is 9.59 Å². The van der Waals surface area contributed by atoms with Gasteiger partial charge in [-0.1, -0.05) is 0 Å². The van der Waals surface area contributed by atoms with Crippen molar-refractivity contribution in [2.45, 2.75) is 38.5 Å². The van der Waals surface area contributed by atoms with Gasteiger partial charge < -0.3 is 14.8 Å². The van der Waals surface area contributed by atoms with Gasteiger partial charge in [-0.2, -0.15) is 0 Å². The van der Waals surface area contributed by atoms with Gasteiger partial charge in [0.25, 0.3) is 11.5 Å². The van der Waals surface area contributed by atoms with Crippen molar-refractivity contribution < 1.29 is 4.79 Å². The van der Waals surface area contributed by atoms with E-state index >= 15 is 0 Å². The predicted molar refractivity (Wildman–Crippen MR) is 103 cm³/mol. The number of piperidine rings is 1. The number of hydrogen-bond donors (Lipinski definition) is 1. The maximum absolute atomic E-state index is 12.8. The number of carbonyl (C=O) groups is 1. The Hall–Kier alpha value is -2.70. The van der Waals surface area contributed by atoms with Crippen molar-refractivity contribution in [1.82, 2.24) is 19.9 Å². The molecule has 0 spiro atoms. The van der Waals surface area contributed by atoms with E-state index in [1.165, 1.54) is 12.8 Å². The number of anilines is 1. The highest BCUT2D eigenvalue weighted by Gasteiger charge is 2.28. The maximum Gasteiger partial charge on any atom is 0.260 e. The summed E-state index contributed by atoms with van der Waals surface area (Å²) in [6.45, 7) is 5.28. The van der Waals surface area contributed by atoms with Crippen molar-refractivity contribution in [2.75, 3.05) is 31.1 Å². The Morgan fingerprint density at radius 1 is 1.19 bits per heavy atom. The second-order valence-electron chi connectivity index (χ2n) is 7.40. The van der Waals surface area contributed by atoms with Gasteiger partial charge in [0.1, 0.15) is 17.2 Å². The minimum Gasteiger partial charge on any atom is -0.357 e. The summed E-state index contributed by atoms with van der Waals surface area (Å²) in [4.78, 5) is 40.7. The normalized spacial score (nSPS) is 20.1. The lowest BCUT2D eigenvalue weighted by atomic mass is 9.94. The summed E-state index contributed by atoms with van der Waals surface area (Å²) in [6, 6.07) is 5.36. The number of nitrogens with zero attached hydrogens (tertiary/aromatic N) is 4. The van der Waals surface area contributed by atoms with Crippen LogP contribution in [0.2, 0.25) is 0 Å². The fraction of sp³-hybridized carbons (Fsp3) is 0.500. The molecular formula is C20H25N5O2. The number of aromatic nitrogens is 3. The lowest BCUT2D eigenvalue weighted by Crippen LogP contribution is -2.41. The van der Waals surface area contributed by atoms with Gasteiger partial charge in [-0.25, -0.2) is 9.97 Å². The molecular weight excluding hydrogens is 342 g/mol. The Morgan fingerprint density at radius 3 is 2.78 bits per heavy atom. The van der Waals surface area contributed by atoms with Gasteiger partial charge in [0.2, 0.25) is 0 Å². The van der Waals surface area contributed by atoms with E-state index in [4.69, 9.17) is 0 Å². The Bertz CT molecular complexity index is 888. The van der Waals surface area contributed by atoms with Gasteiger partial charge in [-0.05, 0) is 44.7 Å². The van der Waals surface area contributed by atoms with Crippen molar-refractivity contribution >= 4 is 11.7 Å². The number of aromatic amines is 1. The van der Waals surface area contributed by atoms with E-state index in [1.54, 1.807) is 23.2 Å². The number of likely N-dealkylation sites (tertiary alicyclic amines) is 1. The standard InChI is InChI=1S/C20H25N5O2/c1-14-22-17(12-18(23-14)24-9-2-3-10-24)15-6-5-11-25(13-15)20(27)16-7-4-8-21-19(16)26/h4,7-8,12,15H,2-3,5-6,9-11,13H2,1H3,(H,21,26). The molecule has 2 aromatic heterocycles. The van der Waals surface area contributed by atoms with E-state index < -0.39 is 0 Å². The minimum absolute atomic E-state index is 0.175. The van der Waals surface area contributed by atoms with Crippen LogP contribution in [0.4, 0.5) is 5.82 Å². The molecule has 4 rings (SSSR count). The summed E-state index contributed by atoms with van der Waals surface area (Å²) in [5, 5.41) is 0. The van der Waals surface area contributed by atoms with E-state index in [1.807, 2.05) is 6.92 Å². The Balaban J connectivity index is 1.55. The lowest BCUT2D eigenvalue weighted by molar-refractivity contribution is 0.0704. The van der Waals surface area contributed by atoms with Crippen LogP contribution in [0, 0.1) is 6.92 Å².